The van der Waals surface area contributed by atoms with Crippen molar-refractivity contribution in [2.75, 3.05) is 0 Å². The highest BCUT2D eigenvalue weighted by atomic mass is 35.5. The summed E-state index contributed by atoms with van der Waals surface area (Å²) < 4.78 is 1.85. The number of aryl methyl sites for hydroxylation is 2. The lowest BCUT2D eigenvalue weighted by atomic mass is 9.92. The topological polar surface area (TPSA) is 67.2 Å². The van der Waals surface area contributed by atoms with Crippen molar-refractivity contribution in [3.8, 4) is 5.69 Å². The molecule has 1 aromatic heterocycles. The number of hydrogen-bond acceptors (Lipinski definition) is 3. The third-order valence-corrected chi connectivity index (χ3v) is 5.82. The van der Waals surface area contributed by atoms with Crippen LogP contribution in [0.25, 0.3) is 5.69 Å². The van der Waals surface area contributed by atoms with E-state index in [1.165, 1.54) is 4.90 Å². The maximum absolute atomic E-state index is 13.2. The van der Waals surface area contributed by atoms with E-state index in [2.05, 4.69) is 10.4 Å². The summed E-state index contributed by atoms with van der Waals surface area (Å²) in [7, 11) is 0. The Hall–Kier alpha value is -2.83. The molecule has 1 N–H and O–H groups in total. The minimum atomic E-state index is -1.25. The molecule has 0 spiro atoms. The van der Waals surface area contributed by atoms with Gasteiger partial charge in [-0.25, -0.2) is 9.48 Å². The largest absolute Gasteiger partial charge is 0.325 e. The highest BCUT2D eigenvalue weighted by Crippen LogP contribution is 2.35. The second-order valence-corrected chi connectivity index (χ2v) is 8.42. The van der Waals surface area contributed by atoms with E-state index in [1.807, 2.05) is 48.9 Å². The van der Waals surface area contributed by atoms with Gasteiger partial charge in [-0.2, -0.15) is 5.10 Å². The zero-order valence-corrected chi connectivity index (χ0v) is 18.3. The van der Waals surface area contributed by atoms with Crippen molar-refractivity contribution in [1.82, 2.24) is 20.0 Å². The molecule has 6 nitrogen and oxygen atoms in total. The van der Waals surface area contributed by atoms with Crippen LogP contribution in [0.3, 0.4) is 0 Å². The molecular weight excluding hydrogens is 423 g/mol. The molecule has 4 rings (SSSR count). The maximum Gasteiger partial charge on any atom is 0.325 e. The van der Waals surface area contributed by atoms with Gasteiger partial charge < -0.3 is 5.32 Å². The van der Waals surface area contributed by atoms with Crippen LogP contribution in [0.5, 0.6) is 0 Å². The zero-order chi connectivity index (χ0) is 21.6. The summed E-state index contributed by atoms with van der Waals surface area (Å²) in [6.45, 7) is 5.74. The number of nitrogens with one attached hydrogen (secondary N) is 1. The fourth-order valence-corrected chi connectivity index (χ4v) is 4.33. The van der Waals surface area contributed by atoms with Crippen molar-refractivity contribution in [3.63, 3.8) is 0 Å². The van der Waals surface area contributed by atoms with E-state index in [0.717, 1.165) is 22.6 Å². The second-order valence-electron chi connectivity index (χ2n) is 7.58. The van der Waals surface area contributed by atoms with Crippen molar-refractivity contribution < 1.29 is 9.59 Å². The number of rotatable bonds is 4. The Morgan fingerprint density at radius 3 is 2.33 bits per heavy atom. The summed E-state index contributed by atoms with van der Waals surface area (Å²) in [5.41, 5.74) is 2.98. The molecular formula is C22H20Cl2N4O2. The molecule has 1 saturated heterocycles. The first-order chi connectivity index (χ1) is 14.2. The summed E-state index contributed by atoms with van der Waals surface area (Å²) in [6.07, 6.45) is 0. The second kappa shape index (κ2) is 7.45. The van der Waals surface area contributed by atoms with Crippen LogP contribution in [-0.2, 0) is 16.9 Å². The lowest BCUT2D eigenvalue weighted by Crippen LogP contribution is -2.41. The number of urea groups is 1. The Morgan fingerprint density at radius 2 is 1.73 bits per heavy atom. The standard InChI is InChI=1S/C22H20Cl2N4O2/c1-13-10-14(2)28(26-13)17-7-4-15(5-8-17)12-27-20(29)22(3,25-21(27)30)18-9-6-16(23)11-19(18)24/h4-11H,12H2,1-3H3,(H,25,30). The Bertz CT molecular complexity index is 1160. The van der Waals surface area contributed by atoms with Gasteiger partial charge in [-0.1, -0.05) is 41.4 Å². The third kappa shape index (κ3) is 3.46. The minimum Gasteiger partial charge on any atom is -0.319 e. The lowest BCUT2D eigenvalue weighted by Gasteiger charge is -2.23. The van der Waals surface area contributed by atoms with Crippen molar-refractivity contribution in [2.45, 2.75) is 32.9 Å². The van der Waals surface area contributed by atoms with E-state index >= 15 is 0 Å². The van der Waals surface area contributed by atoms with Gasteiger partial charge >= 0.3 is 6.03 Å². The van der Waals surface area contributed by atoms with Gasteiger partial charge in [0, 0.05) is 21.3 Å². The molecule has 30 heavy (non-hydrogen) atoms. The molecule has 3 amide bonds. The van der Waals surface area contributed by atoms with Gasteiger partial charge in [-0.15, -0.1) is 0 Å². The minimum absolute atomic E-state index is 0.156. The SMILES string of the molecule is Cc1cc(C)n(-c2ccc(CN3C(=O)NC(C)(c4ccc(Cl)cc4Cl)C3=O)cc2)n1. The molecule has 1 unspecified atom stereocenters. The number of nitrogens with zero attached hydrogens (tertiary/aromatic N) is 3. The Balaban J connectivity index is 1.57. The molecule has 8 heteroatoms. The normalized spacial score (nSPS) is 18.8. The zero-order valence-electron chi connectivity index (χ0n) is 16.7. The van der Waals surface area contributed by atoms with Gasteiger partial charge in [0.1, 0.15) is 5.54 Å². The van der Waals surface area contributed by atoms with E-state index in [1.54, 1.807) is 25.1 Å². The number of hydrogen-bond donors (Lipinski definition) is 1. The molecule has 1 atom stereocenters. The number of amides is 3. The van der Waals surface area contributed by atoms with Gasteiger partial charge in [0.05, 0.1) is 17.9 Å². The molecule has 1 aliphatic heterocycles. The predicted octanol–water partition coefficient (Wildman–Crippen LogP) is 4.76. The fraction of sp³-hybridized carbons (Fsp3) is 0.227. The fourth-order valence-electron chi connectivity index (χ4n) is 3.73. The molecule has 2 aromatic carbocycles. The maximum atomic E-state index is 13.2. The summed E-state index contributed by atoms with van der Waals surface area (Å²) in [6, 6.07) is 14.0. The number of carbonyl (C=O) groups is 2. The van der Waals surface area contributed by atoms with Crippen molar-refractivity contribution in [3.05, 3.63) is 81.1 Å². The summed E-state index contributed by atoms with van der Waals surface area (Å²) in [5.74, 6) is -0.362. The van der Waals surface area contributed by atoms with Gasteiger partial charge in [0.15, 0.2) is 0 Å². The first-order valence-corrected chi connectivity index (χ1v) is 10.2. The Kier molecular flexibility index (Phi) is 5.08. The molecule has 1 fully saturated rings. The van der Waals surface area contributed by atoms with E-state index in [4.69, 9.17) is 23.2 Å². The van der Waals surface area contributed by atoms with Gasteiger partial charge in [0.25, 0.3) is 5.91 Å². The van der Waals surface area contributed by atoms with Crippen LogP contribution in [0.2, 0.25) is 10.0 Å². The lowest BCUT2D eigenvalue weighted by molar-refractivity contribution is -0.131. The molecule has 3 aromatic rings. The quantitative estimate of drug-likeness (QED) is 0.591. The molecule has 0 bridgehead atoms. The molecule has 0 saturated carbocycles. The Labute approximate surface area is 184 Å². The molecule has 0 radical (unpaired) electrons. The van der Waals surface area contributed by atoms with Crippen molar-refractivity contribution >= 4 is 35.1 Å². The van der Waals surface area contributed by atoms with Crippen LogP contribution in [-0.4, -0.2) is 26.6 Å². The first kappa shape index (κ1) is 20.4. The summed E-state index contributed by atoms with van der Waals surface area (Å²) >= 11 is 12.3. The van der Waals surface area contributed by atoms with Crippen LogP contribution in [0, 0.1) is 13.8 Å². The van der Waals surface area contributed by atoms with Crippen LogP contribution >= 0.6 is 23.2 Å². The van der Waals surface area contributed by atoms with Crippen molar-refractivity contribution in [2.24, 2.45) is 0 Å². The average molecular weight is 443 g/mol. The number of imide groups is 1. The Morgan fingerprint density at radius 1 is 1.03 bits per heavy atom. The molecule has 154 valence electrons. The highest BCUT2D eigenvalue weighted by molar-refractivity contribution is 6.35. The highest BCUT2D eigenvalue weighted by Gasteiger charge is 2.49. The number of halogens is 2. The van der Waals surface area contributed by atoms with E-state index in [-0.39, 0.29) is 12.5 Å². The van der Waals surface area contributed by atoms with Crippen LogP contribution in [0.1, 0.15) is 29.4 Å². The van der Waals surface area contributed by atoms with Gasteiger partial charge in [-0.3, -0.25) is 9.69 Å². The third-order valence-electron chi connectivity index (χ3n) is 5.28. The van der Waals surface area contributed by atoms with Crippen LogP contribution < -0.4 is 5.32 Å². The molecule has 1 aliphatic rings. The van der Waals surface area contributed by atoms with E-state index in [0.29, 0.717) is 15.6 Å². The predicted molar refractivity (Wildman–Crippen MR) is 116 cm³/mol. The summed E-state index contributed by atoms with van der Waals surface area (Å²) in [5, 5.41) is 8.03. The average Bonchev–Trinajstić information content (AvgIpc) is 3.13. The van der Waals surface area contributed by atoms with Crippen LogP contribution in [0.15, 0.2) is 48.5 Å². The number of carbonyl (C=O) groups excluding carboxylic acids is 2. The number of benzene rings is 2. The molecule has 2 heterocycles. The first-order valence-electron chi connectivity index (χ1n) is 9.41. The number of aromatic nitrogens is 2. The smallest absolute Gasteiger partial charge is 0.319 e. The van der Waals surface area contributed by atoms with E-state index < -0.39 is 11.6 Å². The monoisotopic (exact) mass is 442 g/mol. The molecule has 0 aliphatic carbocycles. The van der Waals surface area contributed by atoms with E-state index in [9.17, 15) is 9.59 Å². The summed E-state index contributed by atoms with van der Waals surface area (Å²) in [4.78, 5) is 27.0. The van der Waals surface area contributed by atoms with Gasteiger partial charge in [-0.05, 0) is 56.7 Å². The van der Waals surface area contributed by atoms with Crippen LogP contribution in [0.4, 0.5) is 4.79 Å². The van der Waals surface area contributed by atoms with Gasteiger partial charge in [0.2, 0.25) is 0 Å². The van der Waals surface area contributed by atoms with Crippen molar-refractivity contribution in [1.29, 1.82) is 0 Å².